The average molecular weight is 214 g/mol. The molecular weight excluding hydrogens is 192 g/mol. The number of rotatable bonds is 2. The van der Waals surface area contributed by atoms with E-state index < -0.39 is 0 Å². The van der Waals surface area contributed by atoms with E-state index in [4.69, 9.17) is 0 Å². The second-order valence-corrected chi connectivity index (χ2v) is 5.05. The summed E-state index contributed by atoms with van der Waals surface area (Å²) in [5, 5.41) is 0. The van der Waals surface area contributed by atoms with Crippen LogP contribution < -0.4 is 0 Å². The summed E-state index contributed by atoms with van der Waals surface area (Å²) in [5.41, 5.74) is 6.20. The van der Waals surface area contributed by atoms with Crippen molar-refractivity contribution in [2.45, 2.75) is 40.0 Å². The maximum absolute atomic E-state index is 3.94. The fraction of sp³-hybridized carbons (Fsp3) is 0.500. The van der Waals surface area contributed by atoms with Gasteiger partial charge >= 0.3 is 0 Å². The minimum atomic E-state index is 0.521. The van der Waals surface area contributed by atoms with E-state index in [2.05, 4.69) is 39.5 Å². The summed E-state index contributed by atoms with van der Waals surface area (Å²) in [5.74, 6) is 1.27. The molecule has 0 aliphatic heterocycles. The van der Waals surface area contributed by atoms with Crippen molar-refractivity contribution < 1.29 is 0 Å². The highest BCUT2D eigenvalue weighted by atomic mass is 14.4. The molecule has 0 radical (unpaired) electrons. The second kappa shape index (κ2) is 4.45. The predicted molar refractivity (Wildman–Crippen MR) is 71.2 cm³/mol. The van der Waals surface area contributed by atoms with Gasteiger partial charge in [-0.2, -0.15) is 0 Å². The maximum atomic E-state index is 3.94. The molecule has 0 saturated heterocycles. The Balaban J connectivity index is 2.43. The monoisotopic (exact) mass is 214 g/mol. The minimum absolute atomic E-state index is 0.521. The molecule has 0 spiro atoms. The van der Waals surface area contributed by atoms with Gasteiger partial charge in [0.05, 0.1) is 0 Å². The Morgan fingerprint density at radius 2 is 2.25 bits per heavy atom. The van der Waals surface area contributed by atoms with Crippen LogP contribution in [0.15, 0.2) is 47.1 Å². The smallest absolute Gasteiger partial charge is 0.0239 e. The lowest BCUT2D eigenvalue weighted by Gasteiger charge is -2.27. The molecular formula is C16H22. The van der Waals surface area contributed by atoms with Gasteiger partial charge in [0.1, 0.15) is 0 Å². The molecule has 2 rings (SSSR count). The zero-order valence-electron chi connectivity index (χ0n) is 10.7. The van der Waals surface area contributed by atoms with Gasteiger partial charge in [-0.05, 0) is 50.2 Å². The van der Waals surface area contributed by atoms with E-state index in [1.54, 1.807) is 11.1 Å². The van der Waals surface area contributed by atoms with Crippen LogP contribution in [-0.2, 0) is 0 Å². The van der Waals surface area contributed by atoms with Gasteiger partial charge in [-0.3, -0.25) is 0 Å². The Kier molecular flexibility index (Phi) is 3.18. The molecule has 2 aliphatic rings. The van der Waals surface area contributed by atoms with Gasteiger partial charge < -0.3 is 0 Å². The molecule has 0 aromatic carbocycles. The van der Waals surface area contributed by atoms with Crippen LogP contribution in [0.25, 0.3) is 0 Å². The highest BCUT2D eigenvalue weighted by Gasteiger charge is 2.31. The summed E-state index contributed by atoms with van der Waals surface area (Å²) in [6.45, 7) is 10.7. The summed E-state index contributed by atoms with van der Waals surface area (Å²) in [4.78, 5) is 0. The molecule has 0 aromatic heterocycles. The Bertz CT molecular complexity index is 390. The molecule has 0 nitrogen and oxygen atoms in total. The van der Waals surface area contributed by atoms with Crippen molar-refractivity contribution in [3.05, 3.63) is 47.1 Å². The normalized spacial score (nSPS) is 30.2. The van der Waals surface area contributed by atoms with Crippen LogP contribution in [0.2, 0.25) is 0 Å². The number of allylic oxidation sites excluding steroid dienone is 7. The molecule has 0 bridgehead atoms. The molecule has 0 aromatic rings. The molecule has 2 unspecified atom stereocenters. The minimum Gasteiger partial charge on any atom is -0.0988 e. The topological polar surface area (TPSA) is 0 Å². The Morgan fingerprint density at radius 3 is 2.88 bits per heavy atom. The lowest BCUT2D eigenvalue weighted by atomic mass is 9.78. The maximum Gasteiger partial charge on any atom is 0.0239 e. The predicted octanol–water partition coefficient (Wildman–Crippen LogP) is 4.81. The fourth-order valence-electron chi connectivity index (χ4n) is 3.24. The molecule has 16 heavy (non-hydrogen) atoms. The van der Waals surface area contributed by atoms with Crippen molar-refractivity contribution in [3.63, 3.8) is 0 Å². The van der Waals surface area contributed by atoms with Gasteiger partial charge in [-0.15, -0.1) is 0 Å². The molecule has 0 heteroatoms. The molecule has 0 heterocycles. The standard InChI is InChI=1S/C16H22/c1-5-13(6-2)15-10-12(4)14-9-7-8-11(3)16(14)15/h5-6,10-11,15H,1,7-9H2,2-4H3/b13-6+. The van der Waals surface area contributed by atoms with Gasteiger partial charge in [-0.1, -0.05) is 42.9 Å². The van der Waals surface area contributed by atoms with Gasteiger partial charge in [-0.25, -0.2) is 0 Å². The van der Waals surface area contributed by atoms with Crippen LogP contribution in [0.5, 0.6) is 0 Å². The van der Waals surface area contributed by atoms with E-state index in [0.717, 1.165) is 5.92 Å². The van der Waals surface area contributed by atoms with Crippen molar-refractivity contribution in [2.24, 2.45) is 11.8 Å². The van der Waals surface area contributed by atoms with E-state index in [1.807, 2.05) is 6.08 Å². The molecule has 0 fully saturated rings. The lowest BCUT2D eigenvalue weighted by Crippen LogP contribution is -2.13. The van der Waals surface area contributed by atoms with Crippen LogP contribution in [0.1, 0.15) is 40.0 Å². The SMILES string of the molecule is C=C/C(=C\C)C1C=C(C)C2=C1C(C)CCC2. The van der Waals surface area contributed by atoms with Crippen LogP contribution in [0, 0.1) is 11.8 Å². The Hall–Kier alpha value is -1.04. The van der Waals surface area contributed by atoms with Crippen molar-refractivity contribution >= 4 is 0 Å². The van der Waals surface area contributed by atoms with E-state index in [1.165, 1.54) is 30.4 Å². The van der Waals surface area contributed by atoms with Gasteiger partial charge in [0.25, 0.3) is 0 Å². The van der Waals surface area contributed by atoms with Gasteiger partial charge in [0.2, 0.25) is 0 Å². The first kappa shape index (κ1) is 11.4. The van der Waals surface area contributed by atoms with Gasteiger partial charge in [0.15, 0.2) is 0 Å². The molecule has 0 saturated carbocycles. The third kappa shape index (κ3) is 1.71. The van der Waals surface area contributed by atoms with E-state index >= 15 is 0 Å². The van der Waals surface area contributed by atoms with Crippen molar-refractivity contribution in [1.29, 1.82) is 0 Å². The Labute approximate surface area is 99.4 Å². The molecule has 0 amide bonds. The first-order valence-corrected chi connectivity index (χ1v) is 6.39. The summed E-state index contributed by atoms with van der Waals surface area (Å²) in [6.07, 6.45) is 10.7. The molecule has 2 aliphatic carbocycles. The largest absolute Gasteiger partial charge is 0.0988 e. The quantitative estimate of drug-likeness (QED) is 0.579. The average Bonchev–Trinajstić information content (AvgIpc) is 2.60. The summed E-state index contributed by atoms with van der Waals surface area (Å²) in [7, 11) is 0. The van der Waals surface area contributed by atoms with Crippen molar-refractivity contribution in [3.8, 4) is 0 Å². The first-order chi connectivity index (χ1) is 7.69. The van der Waals surface area contributed by atoms with Crippen molar-refractivity contribution in [1.82, 2.24) is 0 Å². The van der Waals surface area contributed by atoms with E-state index in [-0.39, 0.29) is 0 Å². The third-order valence-corrected chi connectivity index (χ3v) is 4.10. The fourth-order valence-corrected chi connectivity index (χ4v) is 3.24. The van der Waals surface area contributed by atoms with Crippen molar-refractivity contribution in [2.75, 3.05) is 0 Å². The molecule has 0 N–H and O–H groups in total. The third-order valence-electron chi connectivity index (χ3n) is 4.10. The van der Waals surface area contributed by atoms with E-state index in [9.17, 15) is 0 Å². The van der Waals surface area contributed by atoms with Crippen LogP contribution >= 0.6 is 0 Å². The van der Waals surface area contributed by atoms with Crippen LogP contribution in [-0.4, -0.2) is 0 Å². The highest BCUT2D eigenvalue weighted by molar-refractivity contribution is 5.51. The summed E-state index contributed by atoms with van der Waals surface area (Å²) >= 11 is 0. The molecule has 2 atom stereocenters. The first-order valence-electron chi connectivity index (χ1n) is 6.39. The van der Waals surface area contributed by atoms with Crippen LogP contribution in [0.3, 0.4) is 0 Å². The summed E-state index contributed by atoms with van der Waals surface area (Å²) < 4.78 is 0. The second-order valence-electron chi connectivity index (χ2n) is 5.05. The number of hydrogen-bond acceptors (Lipinski definition) is 0. The van der Waals surface area contributed by atoms with E-state index in [0.29, 0.717) is 5.92 Å². The molecule has 86 valence electrons. The van der Waals surface area contributed by atoms with Gasteiger partial charge in [0, 0.05) is 5.92 Å². The summed E-state index contributed by atoms with van der Waals surface area (Å²) in [6, 6.07) is 0. The number of hydrogen-bond donors (Lipinski definition) is 0. The highest BCUT2D eigenvalue weighted by Crippen LogP contribution is 2.45. The zero-order chi connectivity index (χ0) is 11.7. The van der Waals surface area contributed by atoms with Crippen LogP contribution in [0.4, 0.5) is 0 Å². The Morgan fingerprint density at radius 1 is 1.50 bits per heavy atom. The zero-order valence-corrected chi connectivity index (χ0v) is 10.7. The lowest BCUT2D eigenvalue weighted by molar-refractivity contribution is 0.516.